The predicted molar refractivity (Wildman–Crippen MR) is 87.8 cm³/mol. The standard InChI is InChI=1S/C14H18ClIN2O/c1-2-18(11-3-4-12(15)13(16)9-11)14(19)10-5-7-17-8-6-10/h3-4,9-10,17H,2,5-8H2,1H3. The summed E-state index contributed by atoms with van der Waals surface area (Å²) in [5.41, 5.74) is 0.944. The Bertz CT molecular complexity index is 461. The van der Waals surface area contributed by atoms with Gasteiger partial charge in [-0.3, -0.25) is 4.79 Å². The molecule has 1 aliphatic rings. The highest BCUT2D eigenvalue weighted by Gasteiger charge is 2.26. The number of rotatable bonds is 3. The summed E-state index contributed by atoms with van der Waals surface area (Å²) in [5.74, 6) is 0.386. The van der Waals surface area contributed by atoms with Crippen LogP contribution in [0, 0.1) is 9.49 Å². The molecule has 1 aromatic rings. The molecule has 0 spiro atoms. The van der Waals surface area contributed by atoms with Gasteiger partial charge in [-0.1, -0.05) is 11.6 Å². The van der Waals surface area contributed by atoms with Crippen molar-refractivity contribution in [2.45, 2.75) is 19.8 Å². The highest BCUT2D eigenvalue weighted by molar-refractivity contribution is 14.1. The van der Waals surface area contributed by atoms with Crippen LogP contribution < -0.4 is 10.2 Å². The van der Waals surface area contributed by atoms with Crippen LogP contribution in [0.25, 0.3) is 0 Å². The number of anilines is 1. The molecular formula is C14H18ClIN2O. The first kappa shape index (κ1) is 15.1. The average Bonchev–Trinajstić information content (AvgIpc) is 2.44. The second kappa shape index (κ2) is 6.90. The predicted octanol–water partition coefficient (Wildman–Crippen LogP) is 3.30. The zero-order valence-corrected chi connectivity index (χ0v) is 13.9. The van der Waals surface area contributed by atoms with E-state index in [1.807, 2.05) is 30.0 Å². The Labute approximate surface area is 132 Å². The van der Waals surface area contributed by atoms with Crippen molar-refractivity contribution in [2.75, 3.05) is 24.5 Å². The van der Waals surface area contributed by atoms with E-state index in [1.54, 1.807) is 0 Å². The summed E-state index contributed by atoms with van der Waals surface area (Å²) in [4.78, 5) is 14.5. The first-order valence-corrected chi connectivity index (χ1v) is 8.06. The minimum atomic E-state index is 0.148. The molecule has 1 heterocycles. The Morgan fingerprint density at radius 3 is 2.74 bits per heavy atom. The number of carbonyl (C=O) groups is 1. The smallest absolute Gasteiger partial charge is 0.230 e. The summed E-state index contributed by atoms with van der Waals surface area (Å²) in [6.07, 6.45) is 1.86. The molecule has 1 saturated heterocycles. The highest BCUT2D eigenvalue weighted by Crippen LogP contribution is 2.26. The van der Waals surface area contributed by atoms with Crippen molar-refractivity contribution in [3.8, 4) is 0 Å². The second-order valence-electron chi connectivity index (χ2n) is 4.71. The monoisotopic (exact) mass is 392 g/mol. The molecule has 104 valence electrons. The van der Waals surface area contributed by atoms with Crippen LogP contribution in [0.3, 0.4) is 0 Å². The van der Waals surface area contributed by atoms with E-state index in [1.165, 1.54) is 0 Å². The zero-order chi connectivity index (χ0) is 13.8. The Morgan fingerprint density at radius 2 is 2.16 bits per heavy atom. The summed E-state index contributed by atoms with van der Waals surface area (Å²) in [7, 11) is 0. The number of benzene rings is 1. The maximum absolute atomic E-state index is 12.6. The van der Waals surface area contributed by atoms with Gasteiger partial charge in [0.1, 0.15) is 0 Å². The van der Waals surface area contributed by atoms with E-state index >= 15 is 0 Å². The van der Waals surface area contributed by atoms with Gasteiger partial charge in [0.25, 0.3) is 0 Å². The first-order valence-electron chi connectivity index (χ1n) is 6.60. The van der Waals surface area contributed by atoms with Crippen LogP contribution in [-0.2, 0) is 4.79 Å². The molecule has 19 heavy (non-hydrogen) atoms. The normalized spacial score (nSPS) is 16.4. The number of hydrogen-bond donors (Lipinski definition) is 1. The molecular weight excluding hydrogens is 375 g/mol. The maximum atomic E-state index is 12.6. The average molecular weight is 393 g/mol. The summed E-state index contributed by atoms with van der Waals surface area (Å²) in [5, 5.41) is 4.02. The molecule has 1 fully saturated rings. The van der Waals surface area contributed by atoms with E-state index in [0.717, 1.165) is 40.2 Å². The van der Waals surface area contributed by atoms with Gasteiger partial charge in [0.05, 0.1) is 5.02 Å². The molecule has 0 aromatic heterocycles. The van der Waals surface area contributed by atoms with E-state index in [0.29, 0.717) is 6.54 Å². The third kappa shape index (κ3) is 3.61. The number of piperidine rings is 1. The highest BCUT2D eigenvalue weighted by atomic mass is 127. The van der Waals surface area contributed by atoms with E-state index in [-0.39, 0.29) is 11.8 Å². The van der Waals surface area contributed by atoms with E-state index in [9.17, 15) is 4.79 Å². The number of nitrogens with zero attached hydrogens (tertiary/aromatic N) is 1. The van der Waals surface area contributed by atoms with E-state index in [4.69, 9.17) is 11.6 Å². The van der Waals surface area contributed by atoms with Gasteiger partial charge in [-0.05, 0) is 73.6 Å². The van der Waals surface area contributed by atoms with Crippen molar-refractivity contribution in [1.82, 2.24) is 5.32 Å². The molecule has 0 unspecified atom stereocenters. The number of amides is 1. The number of halogens is 2. The Morgan fingerprint density at radius 1 is 1.47 bits per heavy atom. The lowest BCUT2D eigenvalue weighted by atomic mass is 9.96. The van der Waals surface area contributed by atoms with Crippen molar-refractivity contribution >= 4 is 45.8 Å². The van der Waals surface area contributed by atoms with Crippen LogP contribution in [-0.4, -0.2) is 25.5 Å². The number of carbonyl (C=O) groups excluding carboxylic acids is 1. The molecule has 2 rings (SSSR count). The largest absolute Gasteiger partial charge is 0.317 e. The molecule has 5 heteroatoms. The second-order valence-corrected chi connectivity index (χ2v) is 6.27. The van der Waals surface area contributed by atoms with Crippen LogP contribution in [0.1, 0.15) is 19.8 Å². The van der Waals surface area contributed by atoms with Crippen molar-refractivity contribution in [1.29, 1.82) is 0 Å². The molecule has 1 aromatic carbocycles. The number of nitrogens with one attached hydrogen (secondary N) is 1. The third-order valence-electron chi connectivity index (χ3n) is 3.49. The Balaban J connectivity index is 2.18. The molecule has 1 N–H and O–H groups in total. The fourth-order valence-electron chi connectivity index (χ4n) is 2.41. The minimum Gasteiger partial charge on any atom is -0.317 e. The van der Waals surface area contributed by atoms with Gasteiger partial charge in [-0.15, -0.1) is 0 Å². The van der Waals surface area contributed by atoms with E-state index < -0.39 is 0 Å². The van der Waals surface area contributed by atoms with Crippen LogP contribution in [0.5, 0.6) is 0 Å². The minimum absolute atomic E-state index is 0.148. The summed E-state index contributed by atoms with van der Waals surface area (Å²) in [6, 6.07) is 5.76. The molecule has 1 amide bonds. The van der Waals surface area contributed by atoms with Crippen molar-refractivity contribution < 1.29 is 4.79 Å². The summed E-state index contributed by atoms with van der Waals surface area (Å²) in [6.45, 7) is 4.58. The molecule has 0 saturated carbocycles. The fourth-order valence-corrected chi connectivity index (χ4v) is 3.02. The Hall–Kier alpha value is -0.330. The van der Waals surface area contributed by atoms with Gasteiger partial charge >= 0.3 is 0 Å². The summed E-state index contributed by atoms with van der Waals surface area (Å²) < 4.78 is 0.980. The molecule has 0 aliphatic carbocycles. The van der Waals surface area contributed by atoms with Crippen LogP contribution in [0.4, 0.5) is 5.69 Å². The van der Waals surface area contributed by atoms with E-state index in [2.05, 4.69) is 27.9 Å². The van der Waals surface area contributed by atoms with Gasteiger partial charge in [-0.25, -0.2) is 0 Å². The van der Waals surface area contributed by atoms with Crippen molar-refractivity contribution in [2.24, 2.45) is 5.92 Å². The lowest BCUT2D eigenvalue weighted by molar-refractivity contribution is -0.123. The van der Waals surface area contributed by atoms with Gasteiger partial charge in [-0.2, -0.15) is 0 Å². The van der Waals surface area contributed by atoms with Crippen molar-refractivity contribution in [3.63, 3.8) is 0 Å². The Kier molecular flexibility index (Phi) is 5.47. The first-order chi connectivity index (χ1) is 9.13. The summed E-state index contributed by atoms with van der Waals surface area (Å²) >= 11 is 8.24. The third-order valence-corrected chi connectivity index (χ3v) is 5.03. The van der Waals surface area contributed by atoms with Crippen molar-refractivity contribution in [3.05, 3.63) is 26.8 Å². The number of hydrogen-bond acceptors (Lipinski definition) is 2. The molecule has 0 radical (unpaired) electrons. The molecule has 3 nitrogen and oxygen atoms in total. The molecule has 1 aliphatic heterocycles. The van der Waals surface area contributed by atoms with Gasteiger partial charge in [0, 0.05) is 21.7 Å². The lowest BCUT2D eigenvalue weighted by Crippen LogP contribution is -2.41. The van der Waals surface area contributed by atoms with Crippen LogP contribution in [0.15, 0.2) is 18.2 Å². The SMILES string of the molecule is CCN(C(=O)C1CCNCC1)c1ccc(Cl)c(I)c1. The molecule has 0 bridgehead atoms. The molecule has 0 atom stereocenters. The maximum Gasteiger partial charge on any atom is 0.230 e. The van der Waals surface area contributed by atoms with Crippen LogP contribution >= 0.6 is 34.2 Å². The topological polar surface area (TPSA) is 32.3 Å². The fraction of sp³-hybridized carbons (Fsp3) is 0.500. The van der Waals surface area contributed by atoms with Gasteiger partial charge in [0.15, 0.2) is 0 Å². The quantitative estimate of drug-likeness (QED) is 0.801. The van der Waals surface area contributed by atoms with Gasteiger partial charge in [0.2, 0.25) is 5.91 Å². The zero-order valence-electron chi connectivity index (χ0n) is 11.0. The lowest BCUT2D eigenvalue weighted by Gasteiger charge is -2.29. The van der Waals surface area contributed by atoms with Gasteiger partial charge < -0.3 is 10.2 Å². The van der Waals surface area contributed by atoms with Crippen LogP contribution in [0.2, 0.25) is 5.02 Å².